The number of amides is 1. The molecular weight excluding hydrogens is 400 g/mol. The Morgan fingerprint density at radius 3 is 2.20 bits per heavy atom. The van der Waals surface area contributed by atoms with Crippen LogP contribution < -0.4 is 14.4 Å². The molecule has 3 aromatic rings. The van der Waals surface area contributed by atoms with Gasteiger partial charge in [0.15, 0.2) is 5.75 Å². The van der Waals surface area contributed by atoms with Gasteiger partial charge < -0.3 is 10.1 Å². The summed E-state index contributed by atoms with van der Waals surface area (Å²) >= 11 is 0. The van der Waals surface area contributed by atoms with Crippen molar-refractivity contribution in [2.24, 2.45) is 0 Å². The molecular formula is C23H24N2O4S. The molecule has 30 heavy (non-hydrogen) atoms. The molecule has 0 aromatic heterocycles. The first-order valence-electron chi connectivity index (χ1n) is 9.55. The summed E-state index contributed by atoms with van der Waals surface area (Å²) in [6, 6.07) is 23.2. The van der Waals surface area contributed by atoms with Crippen molar-refractivity contribution in [1.29, 1.82) is 0 Å². The van der Waals surface area contributed by atoms with Gasteiger partial charge in [-0.3, -0.25) is 9.10 Å². The summed E-state index contributed by atoms with van der Waals surface area (Å²) < 4.78 is 31.9. The van der Waals surface area contributed by atoms with Crippen molar-refractivity contribution in [2.75, 3.05) is 22.4 Å². The zero-order valence-corrected chi connectivity index (χ0v) is 17.7. The van der Waals surface area contributed by atoms with Crippen LogP contribution in [0.1, 0.15) is 12.5 Å². The van der Waals surface area contributed by atoms with Crippen LogP contribution in [0.25, 0.3) is 0 Å². The first kappa shape index (κ1) is 21.4. The molecule has 0 bridgehead atoms. The molecule has 0 atom stereocenters. The minimum absolute atomic E-state index is 0.292. The highest BCUT2D eigenvalue weighted by atomic mass is 32.2. The first-order chi connectivity index (χ1) is 14.4. The molecule has 1 N–H and O–H groups in total. The second-order valence-corrected chi connectivity index (χ2v) is 8.66. The molecule has 3 rings (SSSR count). The third-order valence-corrected chi connectivity index (χ3v) is 5.56. The third-order valence-electron chi connectivity index (χ3n) is 4.44. The number of rotatable bonds is 8. The van der Waals surface area contributed by atoms with Gasteiger partial charge in [0.2, 0.25) is 15.9 Å². The molecule has 0 heterocycles. The monoisotopic (exact) mass is 424 g/mol. The fraction of sp³-hybridized carbons (Fsp3) is 0.174. The van der Waals surface area contributed by atoms with E-state index in [0.717, 1.165) is 22.5 Å². The molecule has 0 aliphatic heterocycles. The largest absolute Gasteiger partial charge is 0.455 e. The fourth-order valence-corrected chi connectivity index (χ4v) is 3.76. The summed E-state index contributed by atoms with van der Waals surface area (Å²) in [5.41, 5.74) is 2.05. The Bertz CT molecular complexity index is 1100. The Hall–Kier alpha value is -3.32. The smallest absolute Gasteiger partial charge is 0.245 e. The summed E-state index contributed by atoms with van der Waals surface area (Å²) in [6.45, 7) is 1.68. The molecule has 0 saturated carbocycles. The van der Waals surface area contributed by atoms with Crippen molar-refractivity contribution in [3.8, 4) is 11.5 Å². The van der Waals surface area contributed by atoms with E-state index in [1.807, 2.05) is 37.3 Å². The molecule has 3 aromatic carbocycles. The van der Waals surface area contributed by atoms with E-state index in [9.17, 15) is 13.2 Å². The molecule has 0 aliphatic carbocycles. The standard InChI is InChI=1S/C23H24N2O4S/c1-3-18-13-15-19(16-14-18)24-23(26)17-25(30(2,27)28)21-11-7-8-12-22(21)29-20-9-5-4-6-10-20/h4-16H,3,17H2,1-2H3,(H,24,26). The van der Waals surface area contributed by atoms with Crippen LogP contribution in [0.2, 0.25) is 0 Å². The van der Waals surface area contributed by atoms with Gasteiger partial charge in [-0.25, -0.2) is 8.42 Å². The molecule has 0 fully saturated rings. The summed E-state index contributed by atoms with van der Waals surface area (Å²) in [5, 5.41) is 2.75. The SMILES string of the molecule is CCc1ccc(NC(=O)CN(c2ccccc2Oc2ccccc2)S(C)(=O)=O)cc1. The lowest BCUT2D eigenvalue weighted by Crippen LogP contribution is -2.37. The van der Waals surface area contributed by atoms with Gasteiger partial charge in [0, 0.05) is 5.69 Å². The average Bonchev–Trinajstić information content (AvgIpc) is 2.73. The number of anilines is 2. The predicted octanol–water partition coefficient (Wildman–Crippen LogP) is 4.45. The maximum absolute atomic E-state index is 12.6. The molecule has 6 nitrogen and oxygen atoms in total. The van der Waals surface area contributed by atoms with Crippen LogP contribution in [0.4, 0.5) is 11.4 Å². The number of nitrogens with zero attached hydrogens (tertiary/aromatic N) is 1. The van der Waals surface area contributed by atoms with Crippen LogP contribution in [0.15, 0.2) is 78.9 Å². The van der Waals surface area contributed by atoms with Gasteiger partial charge in [0.05, 0.1) is 11.9 Å². The number of sulfonamides is 1. The molecule has 0 unspecified atom stereocenters. The quantitative estimate of drug-likeness (QED) is 0.580. The van der Waals surface area contributed by atoms with Crippen LogP contribution in [0, 0.1) is 0 Å². The van der Waals surface area contributed by atoms with Gasteiger partial charge in [0.25, 0.3) is 0 Å². The van der Waals surface area contributed by atoms with E-state index in [4.69, 9.17) is 4.74 Å². The third kappa shape index (κ3) is 5.61. The van der Waals surface area contributed by atoms with Gasteiger partial charge in [-0.1, -0.05) is 49.4 Å². The van der Waals surface area contributed by atoms with Crippen molar-refractivity contribution in [3.63, 3.8) is 0 Å². The lowest BCUT2D eigenvalue weighted by atomic mass is 10.1. The molecule has 1 amide bonds. The lowest BCUT2D eigenvalue weighted by Gasteiger charge is -2.24. The Kier molecular flexibility index (Phi) is 6.74. The van der Waals surface area contributed by atoms with Crippen molar-refractivity contribution in [2.45, 2.75) is 13.3 Å². The van der Waals surface area contributed by atoms with Crippen LogP contribution in [0.5, 0.6) is 11.5 Å². The maximum atomic E-state index is 12.6. The number of benzene rings is 3. The van der Waals surface area contributed by atoms with E-state index in [1.165, 1.54) is 0 Å². The molecule has 0 spiro atoms. The van der Waals surface area contributed by atoms with Crippen molar-refractivity contribution >= 4 is 27.3 Å². The van der Waals surface area contributed by atoms with Crippen molar-refractivity contribution in [1.82, 2.24) is 0 Å². The van der Waals surface area contributed by atoms with E-state index in [1.54, 1.807) is 48.5 Å². The number of carbonyl (C=O) groups excluding carboxylic acids is 1. The highest BCUT2D eigenvalue weighted by Gasteiger charge is 2.24. The molecule has 0 radical (unpaired) electrons. The number of para-hydroxylation sites is 3. The highest BCUT2D eigenvalue weighted by molar-refractivity contribution is 7.92. The number of aryl methyl sites for hydroxylation is 1. The van der Waals surface area contributed by atoms with E-state index in [0.29, 0.717) is 22.9 Å². The molecule has 0 aliphatic rings. The zero-order chi connectivity index (χ0) is 21.6. The van der Waals surface area contributed by atoms with E-state index >= 15 is 0 Å². The number of ether oxygens (including phenoxy) is 1. The molecule has 156 valence electrons. The Morgan fingerprint density at radius 2 is 1.57 bits per heavy atom. The normalized spacial score (nSPS) is 11.0. The Balaban J connectivity index is 1.83. The molecule has 0 saturated heterocycles. The second kappa shape index (κ2) is 9.45. The summed E-state index contributed by atoms with van der Waals surface area (Å²) in [6.07, 6.45) is 1.96. The van der Waals surface area contributed by atoms with E-state index in [-0.39, 0.29) is 6.54 Å². The lowest BCUT2D eigenvalue weighted by molar-refractivity contribution is -0.114. The summed E-state index contributed by atoms with van der Waals surface area (Å²) in [7, 11) is -3.74. The van der Waals surface area contributed by atoms with Crippen molar-refractivity contribution < 1.29 is 17.9 Å². The Labute approximate surface area is 177 Å². The van der Waals surface area contributed by atoms with Crippen LogP contribution in [-0.4, -0.2) is 27.1 Å². The Morgan fingerprint density at radius 1 is 0.933 bits per heavy atom. The number of carbonyl (C=O) groups is 1. The van der Waals surface area contributed by atoms with E-state index < -0.39 is 15.9 Å². The van der Waals surface area contributed by atoms with Gasteiger partial charge in [-0.15, -0.1) is 0 Å². The first-order valence-corrected chi connectivity index (χ1v) is 11.4. The summed E-state index contributed by atoms with van der Waals surface area (Å²) in [5.74, 6) is 0.465. The number of hydrogen-bond acceptors (Lipinski definition) is 4. The maximum Gasteiger partial charge on any atom is 0.245 e. The van der Waals surface area contributed by atoms with Gasteiger partial charge in [-0.05, 0) is 48.4 Å². The highest BCUT2D eigenvalue weighted by Crippen LogP contribution is 2.33. The topological polar surface area (TPSA) is 75.7 Å². The van der Waals surface area contributed by atoms with Crippen molar-refractivity contribution in [3.05, 3.63) is 84.4 Å². The predicted molar refractivity (Wildman–Crippen MR) is 120 cm³/mol. The summed E-state index contributed by atoms with van der Waals surface area (Å²) in [4.78, 5) is 12.6. The number of hydrogen-bond donors (Lipinski definition) is 1. The van der Waals surface area contributed by atoms with E-state index in [2.05, 4.69) is 5.32 Å². The minimum atomic E-state index is -3.74. The van der Waals surface area contributed by atoms with Crippen LogP contribution >= 0.6 is 0 Å². The minimum Gasteiger partial charge on any atom is -0.455 e. The molecule has 7 heteroatoms. The van der Waals surface area contributed by atoms with Gasteiger partial charge in [0.1, 0.15) is 12.3 Å². The zero-order valence-electron chi connectivity index (χ0n) is 16.9. The van der Waals surface area contributed by atoms with Gasteiger partial charge >= 0.3 is 0 Å². The average molecular weight is 425 g/mol. The van der Waals surface area contributed by atoms with Crippen LogP contribution in [-0.2, 0) is 21.2 Å². The van der Waals surface area contributed by atoms with Crippen LogP contribution in [0.3, 0.4) is 0 Å². The number of nitrogens with one attached hydrogen (secondary N) is 1. The fourth-order valence-electron chi connectivity index (χ4n) is 2.90. The second-order valence-electron chi connectivity index (χ2n) is 6.75. The van der Waals surface area contributed by atoms with Gasteiger partial charge in [-0.2, -0.15) is 0 Å².